The molecule has 1 aromatic rings. The Morgan fingerprint density at radius 1 is 1.44 bits per heavy atom. The molecule has 16 heavy (non-hydrogen) atoms. The Morgan fingerprint density at radius 2 is 2.38 bits per heavy atom. The third-order valence-corrected chi connectivity index (χ3v) is 3.19. The second kappa shape index (κ2) is 4.51. The summed E-state index contributed by atoms with van der Waals surface area (Å²) in [5.41, 5.74) is 0. The van der Waals surface area contributed by atoms with E-state index in [1.807, 2.05) is 11.0 Å². The quantitative estimate of drug-likeness (QED) is 0.821. The van der Waals surface area contributed by atoms with Gasteiger partial charge in [0.1, 0.15) is 6.33 Å². The number of nitrogens with one attached hydrogen (secondary N) is 1. The monoisotopic (exact) mass is 222 g/mol. The number of nitrogens with zero attached hydrogens (tertiary/aromatic N) is 3. The number of rotatable bonds is 4. The van der Waals surface area contributed by atoms with Crippen molar-refractivity contribution in [3.05, 3.63) is 12.2 Å². The van der Waals surface area contributed by atoms with Crippen LogP contribution in [0.15, 0.2) is 6.33 Å². The van der Waals surface area contributed by atoms with Crippen LogP contribution in [0, 0.1) is 0 Å². The molecule has 1 saturated heterocycles. The Balaban J connectivity index is 1.57. The maximum Gasteiger partial charge on any atom is 0.164 e. The minimum atomic E-state index is 0.385. The van der Waals surface area contributed by atoms with Crippen LogP contribution in [0.25, 0.3) is 0 Å². The van der Waals surface area contributed by atoms with Crippen molar-refractivity contribution >= 4 is 0 Å². The van der Waals surface area contributed by atoms with E-state index in [9.17, 15) is 0 Å². The number of hydrogen-bond acceptors (Lipinski definition) is 4. The van der Waals surface area contributed by atoms with E-state index in [4.69, 9.17) is 4.74 Å². The standard InChI is InChI=1S/C11H18N4O/c1-2-10(7-16-5-1)15-8-13-11(14-15)6-12-9-3-4-9/h8-10,12H,1-7H2. The average molecular weight is 222 g/mol. The molecular weight excluding hydrogens is 204 g/mol. The van der Waals surface area contributed by atoms with Gasteiger partial charge in [0, 0.05) is 12.6 Å². The van der Waals surface area contributed by atoms with E-state index in [2.05, 4.69) is 15.4 Å². The first-order chi connectivity index (χ1) is 7.92. The molecular formula is C11H18N4O. The summed E-state index contributed by atoms with van der Waals surface area (Å²) in [6, 6.07) is 1.10. The Labute approximate surface area is 95.2 Å². The predicted octanol–water partition coefficient (Wildman–Crippen LogP) is 0.882. The van der Waals surface area contributed by atoms with Gasteiger partial charge in [-0.3, -0.25) is 0 Å². The molecule has 5 heteroatoms. The fraction of sp³-hybridized carbons (Fsp3) is 0.818. The zero-order valence-corrected chi connectivity index (χ0v) is 9.43. The van der Waals surface area contributed by atoms with E-state index >= 15 is 0 Å². The maximum atomic E-state index is 5.45. The Bertz CT molecular complexity index is 342. The van der Waals surface area contributed by atoms with Gasteiger partial charge in [0.25, 0.3) is 0 Å². The summed E-state index contributed by atoms with van der Waals surface area (Å²) in [6.07, 6.45) is 6.72. The summed E-state index contributed by atoms with van der Waals surface area (Å²) in [5, 5.41) is 7.92. The van der Waals surface area contributed by atoms with Crippen LogP contribution >= 0.6 is 0 Å². The average Bonchev–Trinajstić information content (AvgIpc) is 3.05. The lowest BCUT2D eigenvalue weighted by molar-refractivity contribution is 0.0547. The van der Waals surface area contributed by atoms with E-state index in [1.54, 1.807) is 0 Å². The number of ether oxygens (including phenoxy) is 1. The third-order valence-electron chi connectivity index (χ3n) is 3.19. The highest BCUT2D eigenvalue weighted by atomic mass is 16.5. The molecule has 1 aliphatic heterocycles. The molecule has 2 fully saturated rings. The lowest BCUT2D eigenvalue weighted by Gasteiger charge is -2.21. The highest BCUT2D eigenvalue weighted by Gasteiger charge is 2.21. The second-order valence-electron chi connectivity index (χ2n) is 4.67. The molecule has 1 aliphatic carbocycles. The highest BCUT2D eigenvalue weighted by molar-refractivity contribution is 4.88. The van der Waals surface area contributed by atoms with Gasteiger partial charge < -0.3 is 10.1 Å². The van der Waals surface area contributed by atoms with Gasteiger partial charge in [0.15, 0.2) is 5.82 Å². The smallest absolute Gasteiger partial charge is 0.164 e. The fourth-order valence-corrected chi connectivity index (χ4v) is 2.02. The zero-order valence-electron chi connectivity index (χ0n) is 9.43. The van der Waals surface area contributed by atoms with Crippen molar-refractivity contribution in [2.24, 2.45) is 0 Å². The first-order valence-electron chi connectivity index (χ1n) is 6.13. The summed E-state index contributed by atoms with van der Waals surface area (Å²) >= 11 is 0. The lowest BCUT2D eigenvalue weighted by Crippen LogP contribution is -2.22. The van der Waals surface area contributed by atoms with Crippen molar-refractivity contribution < 1.29 is 4.74 Å². The molecule has 0 spiro atoms. The van der Waals surface area contributed by atoms with Crippen LogP contribution < -0.4 is 5.32 Å². The summed E-state index contributed by atoms with van der Waals surface area (Å²) in [7, 11) is 0. The molecule has 1 atom stereocenters. The molecule has 0 aromatic carbocycles. The van der Waals surface area contributed by atoms with E-state index in [-0.39, 0.29) is 0 Å². The van der Waals surface area contributed by atoms with E-state index < -0.39 is 0 Å². The van der Waals surface area contributed by atoms with E-state index in [1.165, 1.54) is 12.8 Å². The van der Waals surface area contributed by atoms with Crippen molar-refractivity contribution in [1.82, 2.24) is 20.1 Å². The van der Waals surface area contributed by atoms with Crippen LogP contribution in [-0.4, -0.2) is 34.0 Å². The zero-order chi connectivity index (χ0) is 10.8. The van der Waals surface area contributed by atoms with Crippen molar-refractivity contribution in [3.63, 3.8) is 0 Å². The molecule has 0 amide bonds. The van der Waals surface area contributed by atoms with Crippen LogP contribution in [0.1, 0.15) is 37.5 Å². The van der Waals surface area contributed by atoms with Crippen molar-refractivity contribution in [2.45, 2.75) is 44.3 Å². The molecule has 2 aliphatic rings. The van der Waals surface area contributed by atoms with Gasteiger partial charge in [-0.2, -0.15) is 5.10 Å². The Kier molecular flexibility index (Phi) is 2.88. The molecule has 3 rings (SSSR count). The molecule has 5 nitrogen and oxygen atoms in total. The van der Waals surface area contributed by atoms with Crippen LogP contribution in [0.3, 0.4) is 0 Å². The van der Waals surface area contributed by atoms with Crippen LogP contribution in [0.2, 0.25) is 0 Å². The lowest BCUT2D eigenvalue weighted by atomic mass is 10.1. The molecule has 1 saturated carbocycles. The maximum absolute atomic E-state index is 5.45. The van der Waals surface area contributed by atoms with Crippen LogP contribution in [0.4, 0.5) is 0 Å². The summed E-state index contributed by atoms with van der Waals surface area (Å²) < 4.78 is 7.41. The fourth-order valence-electron chi connectivity index (χ4n) is 2.02. The van der Waals surface area contributed by atoms with Gasteiger partial charge in [0.05, 0.1) is 19.2 Å². The van der Waals surface area contributed by atoms with Crippen molar-refractivity contribution in [1.29, 1.82) is 0 Å². The summed E-state index contributed by atoms with van der Waals surface area (Å²) in [5.74, 6) is 0.900. The topological polar surface area (TPSA) is 52.0 Å². The van der Waals surface area contributed by atoms with E-state index in [0.29, 0.717) is 12.1 Å². The van der Waals surface area contributed by atoms with Gasteiger partial charge in [-0.05, 0) is 25.7 Å². The molecule has 0 radical (unpaired) electrons. The van der Waals surface area contributed by atoms with Gasteiger partial charge in [-0.15, -0.1) is 0 Å². The molecule has 0 bridgehead atoms. The van der Waals surface area contributed by atoms with Crippen molar-refractivity contribution in [3.8, 4) is 0 Å². The SMILES string of the molecule is c1nc(CNC2CC2)nn1C1CCCOC1. The van der Waals surface area contributed by atoms with Gasteiger partial charge in [-0.25, -0.2) is 9.67 Å². The highest BCUT2D eigenvalue weighted by Crippen LogP contribution is 2.20. The van der Waals surface area contributed by atoms with Crippen LogP contribution in [-0.2, 0) is 11.3 Å². The van der Waals surface area contributed by atoms with Crippen LogP contribution in [0.5, 0.6) is 0 Å². The normalized spacial score (nSPS) is 25.9. The molecule has 88 valence electrons. The summed E-state index contributed by atoms with van der Waals surface area (Å²) in [4.78, 5) is 4.32. The predicted molar refractivity (Wildman–Crippen MR) is 59.0 cm³/mol. The first-order valence-corrected chi connectivity index (χ1v) is 6.13. The molecule has 1 aromatic heterocycles. The minimum absolute atomic E-state index is 0.385. The second-order valence-corrected chi connectivity index (χ2v) is 4.67. The van der Waals surface area contributed by atoms with Crippen molar-refractivity contribution in [2.75, 3.05) is 13.2 Å². The Hall–Kier alpha value is -0.940. The first kappa shape index (κ1) is 10.2. The van der Waals surface area contributed by atoms with Gasteiger partial charge >= 0.3 is 0 Å². The molecule has 2 heterocycles. The minimum Gasteiger partial charge on any atom is -0.379 e. The molecule has 1 N–H and O–H groups in total. The van der Waals surface area contributed by atoms with Gasteiger partial charge in [-0.1, -0.05) is 0 Å². The van der Waals surface area contributed by atoms with E-state index in [0.717, 1.165) is 38.4 Å². The van der Waals surface area contributed by atoms with Gasteiger partial charge in [0.2, 0.25) is 0 Å². The molecule has 1 unspecified atom stereocenters. The summed E-state index contributed by atoms with van der Waals surface area (Å²) in [6.45, 7) is 2.46. The number of hydrogen-bond donors (Lipinski definition) is 1. The number of aromatic nitrogens is 3. The third kappa shape index (κ3) is 2.41. The Morgan fingerprint density at radius 3 is 3.12 bits per heavy atom. The largest absolute Gasteiger partial charge is 0.379 e.